The molecule has 5 amide bonds. The minimum Gasteiger partial charge on any atom is -0.612 e. The number of hydroxylamine groups is 1. The molecule has 1 saturated carbocycles. The van der Waals surface area contributed by atoms with Gasteiger partial charge in [-0.05, 0) is 48.6 Å². The first-order valence-corrected chi connectivity index (χ1v) is 20.9. The Kier molecular flexibility index (Phi) is 18.7. The third-order valence-electron chi connectivity index (χ3n) is 11.1. The highest BCUT2D eigenvalue weighted by atomic mass is 16.5. The molecule has 2 fully saturated rings. The number of ketones is 1. The van der Waals surface area contributed by atoms with E-state index >= 15 is 0 Å². The fourth-order valence-corrected chi connectivity index (χ4v) is 7.81. The topological polar surface area (TPSA) is 217 Å². The summed E-state index contributed by atoms with van der Waals surface area (Å²) in [6.45, 7) is 5.48. The van der Waals surface area contributed by atoms with Crippen LogP contribution in [0.2, 0.25) is 0 Å². The van der Waals surface area contributed by atoms with E-state index in [9.17, 15) is 34.0 Å². The molecule has 15 nitrogen and oxygen atoms in total. The van der Waals surface area contributed by atoms with Crippen molar-refractivity contribution in [3.8, 4) is 0 Å². The number of ether oxygens (including phenoxy) is 1. The minimum atomic E-state index is -1.24. The molecule has 7 N–H and O–H groups in total. The van der Waals surface area contributed by atoms with E-state index in [4.69, 9.17) is 10.5 Å². The predicted octanol–water partition coefficient (Wildman–Crippen LogP) is 2.29. The first kappa shape index (κ1) is 46.0. The van der Waals surface area contributed by atoms with Crippen LogP contribution >= 0.6 is 0 Å². The van der Waals surface area contributed by atoms with E-state index in [1.54, 1.807) is 6.92 Å². The summed E-state index contributed by atoms with van der Waals surface area (Å²) in [5.74, 6) is -4.25. The van der Waals surface area contributed by atoms with E-state index in [-0.39, 0.29) is 56.1 Å². The van der Waals surface area contributed by atoms with Crippen LogP contribution < -0.4 is 32.3 Å². The van der Waals surface area contributed by atoms with Gasteiger partial charge in [0.1, 0.15) is 18.1 Å². The average molecular weight is 806 g/mol. The Morgan fingerprint density at radius 2 is 1.55 bits per heavy atom. The number of nitrogens with two attached hydrogens (primary N) is 1. The molecule has 2 aromatic rings. The van der Waals surface area contributed by atoms with Crippen LogP contribution in [0.25, 0.3) is 0 Å². The van der Waals surface area contributed by atoms with Crippen LogP contribution in [0.3, 0.4) is 0 Å². The van der Waals surface area contributed by atoms with Crippen LogP contribution in [0.5, 0.6) is 0 Å². The standard InChI is InChI=1S/C43H63N7O8/c1-4-6-23-35(41(44)54)46-37(52)26-45-42(55)40(53)34(16-5-2)48-50(57)38-25-33(58-28-30-17-10-7-11-18-30)27-49(38)43(56)39(32-21-14-9-15-22-32)47-36(51)24-29(3)31-19-12-8-13-20-31/h7-8,10-13,17-20,29,32-35,38-39,48,50H,4-6,9,14-16,21-28H2,1-3H3,(H2,44,54)(H,45,55)(H,46,52)(H,47,51)/t29?,33-,34?,35?,38-,39?/m1/s1. The molecule has 2 aromatic carbocycles. The molecule has 4 rings (SSSR count). The van der Waals surface area contributed by atoms with Crippen molar-refractivity contribution in [3.05, 3.63) is 77.0 Å². The summed E-state index contributed by atoms with van der Waals surface area (Å²) in [5, 5.41) is 21.4. The third kappa shape index (κ3) is 14.0. The van der Waals surface area contributed by atoms with Gasteiger partial charge >= 0.3 is 0 Å². The Morgan fingerprint density at radius 1 is 0.879 bits per heavy atom. The molecule has 1 aliphatic carbocycles. The molecule has 1 saturated heterocycles. The van der Waals surface area contributed by atoms with Gasteiger partial charge in [0.2, 0.25) is 29.4 Å². The molecule has 0 radical (unpaired) electrons. The van der Waals surface area contributed by atoms with Crippen LogP contribution in [0, 0.1) is 11.1 Å². The van der Waals surface area contributed by atoms with E-state index in [2.05, 4.69) is 21.4 Å². The van der Waals surface area contributed by atoms with Gasteiger partial charge < -0.3 is 31.6 Å². The Labute approximate surface area is 342 Å². The highest BCUT2D eigenvalue weighted by Crippen LogP contribution is 2.30. The molecule has 7 atom stereocenters. The Balaban J connectivity index is 1.50. The van der Waals surface area contributed by atoms with Gasteiger partial charge in [0.05, 0.1) is 32.2 Å². The summed E-state index contributed by atoms with van der Waals surface area (Å²) in [5.41, 5.74) is 10.1. The lowest BCUT2D eigenvalue weighted by Crippen LogP contribution is -3.20. The van der Waals surface area contributed by atoms with Crippen molar-refractivity contribution in [2.24, 2.45) is 11.7 Å². The van der Waals surface area contributed by atoms with Crippen LogP contribution in [0.15, 0.2) is 60.7 Å². The van der Waals surface area contributed by atoms with Crippen molar-refractivity contribution >= 4 is 35.3 Å². The van der Waals surface area contributed by atoms with E-state index < -0.39 is 65.6 Å². The maximum Gasteiger partial charge on any atom is 0.289 e. The monoisotopic (exact) mass is 805 g/mol. The molecule has 0 spiro atoms. The highest BCUT2D eigenvalue weighted by molar-refractivity contribution is 6.38. The first-order valence-electron chi connectivity index (χ1n) is 20.9. The number of carbonyl (C=O) groups excluding carboxylic acids is 6. The van der Waals surface area contributed by atoms with Crippen molar-refractivity contribution in [2.75, 3.05) is 13.1 Å². The summed E-state index contributed by atoms with van der Waals surface area (Å²) >= 11 is 0. The fourth-order valence-electron chi connectivity index (χ4n) is 7.81. The zero-order valence-corrected chi connectivity index (χ0v) is 34.2. The van der Waals surface area contributed by atoms with Crippen molar-refractivity contribution < 1.29 is 38.7 Å². The Hall–Kier alpha value is -4.70. The zero-order chi connectivity index (χ0) is 42.0. The molecular formula is C43H63N7O8. The van der Waals surface area contributed by atoms with Crippen molar-refractivity contribution in [1.29, 1.82) is 0 Å². The number of nitrogens with one attached hydrogen (secondary N) is 5. The van der Waals surface area contributed by atoms with E-state index in [1.807, 2.05) is 74.5 Å². The minimum absolute atomic E-state index is 0.0816. The predicted molar refractivity (Wildman–Crippen MR) is 218 cm³/mol. The summed E-state index contributed by atoms with van der Waals surface area (Å²) in [4.78, 5) is 80.6. The average Bonchev–Trinajstić information content (AvgIpc) is 3.67. The van der Waals surface area contributed by atoms with Gasteiger partial charge in [-0.15, -0.1) is 0 Å². The van der Waals surface area contributed by atoms with Crippen LogP contribution in [-0.2, 0) is 40.1 Å². The number of carbonyl (C=O) groups is 6. The number of hydrogen-bond acceptors (Lipinski definition) is 9. The maximum atomic E-state index is 14.7. The normalized spacial score (nSPS) is 19.6. The molecule has 0 aromatic heterocycles. The fraction of sp³-hybridized carbons (Fsp3) is 0.581. The second-order valence-electron chi connectivity index (χ2n) is 15.7. The Bertz CT molecular complexity index is 1640. The number of likely N-dealkylation sites (tertiary alicyclic amines) is 1. The number of hydrogen-bond donors (Lipinski definition) is 6. The van der Waals surface area contributed by atoms with Gasteiger partial charge in [0, 0.05) is 6.42 Å². The molecule has 1 heterocycles. The van der Waals surface area contributed by atoms with E-state index in [1.165, 1.54) is 4.90 Å². The van der Waals surface area contributed by atoms with Gasteiger partial charge in [-0.1, -0.05) is 120 Å². The first-order chi connectivity index (χ1) is 27.9. The van der Waals surface area contributed by atoms with Gasteiger partial charge in [-0.3, -0.25) is 38.8 Å². The number of Topliss-reactive ketones (excluding diaryl/α,β-unsaturated/α-hetero) is 1. The number of primary amides is 1. The summed E-state index contributed by atoms with van der Waals surface area (Å²) in [7, 11) is 0. The lowest BCUT2D eigenvalue weighted by molar-refractivity contribution is -0.932. The molecule has 0 bridgehead atoms. The molecule has 2 aliphatic rings. The zero-order valence-electron chi connectivity index (χ0n) is 34.2. The Morgan fingerprint density at radius 3 is 2.19 bits per heavy atom. The molecule has 58 heavy (non-hydrogen) atoms. The summed E-state index contributed by atoms with van der Waals surface area (Å²) in [6, 6.07) is 16.2. The number of quaternary nitrogens is 1. The SMILES string of the molecule is CCCCC(NC(=O)CNC(=O)C(=O)C(CCC)N[NH+]([O-])[C@@H]1C[C@@H](OCc2ccccc2)CN1C(=O)C(NC(=O)CC(C)c1ccccc1)C1CCCCC1)C(N)=O. The third-order valence-corrected chi connectivity index (χ3v) is 11.1. The number of amides is 5. The van der Waals surface area contributed by atoms with E-state index in [0.717, 1.165) is 49.7 Å². The van der Waals surface area contributed by atoms with Crippen LogP contribution in [0.4, 0.5) is 0 Å². The molecule has 318 valence electrons. The van der Waals surface area contributed by atoms with Gasteiger partial charge in [-0.25, -0.2) is 0 Å². The molecule has 1 aliphatic heterocycles. The van der Waals surface area contributed by atoms with Crippen LogP contribution in [-0.4, -0.2) is 83.7 Å². The molecular weight excluding hydrogens is 743 g/mol. The molecule has 5 unspecified atom stereocenters. The maximum absolute atomic E-state index is 14.7. The quantitative estimate of drug-likeness (QED) is 0.0717. The van der Waals surface area contributed by atoms with Crippen molar-refractivity contribution in [1.82, 2.24) is 26.3 Å². The summed E-state index contributed by atoms with van der Waals surface area (Å²) in [6.07, 6.45) is 5.50. The number of unbranched alkanes of at least 4 members (excludes halogenated alkanes) is 1. The number of benzene rings is 2. The highest BCUT2D eigenvalue weighted by Gasteiger charge is 2.45. The second kappa shape index (κ2) is 23.6. The van der Waals surface area contributed by atoms with Crippen molar-refractivity contribution in [2.45, 2.75) is 141 Å². The van der Waals surface area contributed by atoms with E-state index in [0.29, 0.717) is 19.3 Å². The van der Waals surface area contributed by atoms with Crippen molar-refractivity contribution in [3.63, 3.8) is 0 Å². The lowest BCUT2D eigenvalue weighted by atomic mass is 9.83. The van der Waals surface area contributed by atoms with Gasteiger partial charge in [0.25, 0.3) is 5.91 Å². The number of nitrogens with zero attached hydrogens (tertiary/aromatic N) is 1. The largest absolute Gasteiger partial charge is 0.612 e. The van der Waals surface area contributed by atoms with Gasteiger partial charge in [-0.2, -0.15) is 5.43 Å². The van der Waals surface area contributed by atoms with Crippen LogP contribution in [0.1, 0.15) is 115 Å². The molecule has 15 heteroatoms. The van der Waals surface area contributed by atoms with Gasteiger partial charge in [0.15, 0.2) is 6.17 Å². The lowest BCUT2D eigenvalue weighted by Gasteiger charge is -2.39. The summed E-state index contributed by atoms with van der Waals surface area (Å²) < 4.78 is 6.25. The number of rotatable bonds is 23. The second-order valence-corrected chi connectivity index (χ2v) is 15.7. The smallest absolute Gasteiger partial charge is 0.289 e.